The van der Waals surface area contributed by atoms with Crippen LogP contribution in [0.25, 0.3) is 0 Å². The molecule has 0 bridgehead atoms. The molecule has 2 N–H and O–H groups in total. The van der Waals surface area contributed by atoms with Crippen molar-refractivity contribution in [3.8, 4) is 0 Å². The van der Waals surface area contributed by atoms with Crippen LogP contribution in [0.2, 0.25) is 0 Å². The first-order chi connectivity index (χ1) is 7.10. The van der Waals surface area contributed by atoms with E-state index in [1.54, 1.807) is 0 Å². The van der Waals surface area contributed by atoms with Crippen molar-refractivity contribution < 1.29 is 4.79 Å². The Morgan fingerprint density at radius 2 is 2.33 bits per heavy atom. The maximum atomic E-state index is 11.7. The quantitative estimate of drug-likeness (QED) is 0.711. The van der Waals surface area contributed by atoms with E-state index in [4.69, 9.17) is 5.73 Å². The third-order valence-corrected chi connectivity index (χ3v) is 3.33. The number of likely N-dealkylation sites (N-methyl/N-ethyl adjacent to an activating group) is 1. The molecule has 0 saturated carbocycles. The number of amides is 2. The molecule has 2 heterocycles. The molecular weight excluding hydrogens is 192 g/mol. The van der Waals surface area contributed by atoms with E-state index >= 15 is 0 Å². The Kier molecular flexibility index (Phi) is 2.42. The average Bonchev–Trinajstić information content (AvgIpc) is 2.65. The number of nitrogens with zero attached hydrogens (tertiary/aromatic N) is 3. The highest BCUT2D eigenvalue weighted by Crippen LogP contribution is 2.32. The number of hydrogen-bond donors (Lipinski definition) is 1. The summed E-state index contributed by atoms with van der Waals surface area (Å²) in [5.74, 6) is 0.505. The smallest absolute Gasteiger partial charge is 0.346 e. The van der Waals surface area contributed by atoms with Gasteiger partial charge in [-0.15, -0.1) is 0 Å². The molecule has 1 atom stereocenters. The van der Waals surface area contributed by atoms with Gasteiger partial charge in [-0.2, -0.15) is 4.99 Å². The van der Waals surface area contributed by atoms with Crippen LogP contribution in [0.5, 0.6) is 0 Å². The van der Waals surface area contributed by atoms with Crippen LogP contribution < -0.4 is 5.73 Å². The minimum Gasteiger partial charge on any atom is -0.385 e. The lowest BCUT2D eigenvalue weighted by Crippen LogP contribution is -2.55. The largest absolute Gasteiger partial charge is 0.385 e. The molecular formula is C10H18N4O. The molecule has 2 rings (SSSR count). The van der Waals surface area contributed by atoms with E-state index < -0.39 is 0 Å². The highest BCUT2D eigenvalue weighted by Gasteiger charge is 2.51. The van der Waals surface area contributed by atoms with Crippen LogP contribution >= 0.6 is 0 Å². The van der Waals surface area contributed by atoms with Gasteiger partial charge >= 0.3 is 6.03 Å². The molecule has 0 aliphatic carbocycles. The van der Waals surface area contributed by atoms with Gasteiger partial charge in [-0.1, -0.05) is 6.92 Å². The summed E-state index contributed by atoms with van der Waals surface area (Å²) in [6, 6.07) is -0.162. The van der Waals surface area contributed by atoms with E-state index in [2.05, 4.69) is 23.9 Å². The molecule has 0 aromatic heterocycles. The Bertz CT molecular complexity index is 315. The van der Waals surface area contributed by atoms with Crippen LogP contribution in [0, 0.1) is 0 Å². The molecule has 0 aromatic carbocycles. The Morgan fingerprint density at radius 1 is 1.60 bits per heavy atom. The van der Waals surface area contributed by atoms with E-state index in [1.165, 1.54) is 0 Å². The van der Waals surface area contributed by atoms with Crippen molar-refractivity contribution in [2.45, 2.75) is 25.3 Å². The van der Waals surface area contributed by atoms with Gasteiger partial charge in [0.05, 0.1) is 0 Å². The number of hydrogen-bond acceptors (Lipinski definition) is 3. The number of aliphatic imine (C=N–C) groups is 1. The van der Waals surface area contributed by atoms with E-state index in [0.717, 1.165) is 32.5 Å². The lowest BCUT2D eigenvalue weighted by molar-refractivity contribution is 0.173. The highest BCUT2D eigenvalue weighted by atomic mass is 16.2. The topological polar surface area (TPSA) is 61.9 Å². The van der Waals surface area contributed by atoms with Crippen molar-refractivity contribution in [2.75, 3.05) is 26.7 Å². The zero-order valence-corrected chi connectivity index (χ0v) is 9.36. The van der Waals surface area contributed by atoms with Crippen molar-refractivity contribution in [3.05, 3.63) is 0 Å². The van der Waals surface area contributed by atoms with Crippen molar-refractivity contribution >= 4 is 11.9 Å². The van der Waals surface area contributed by atoms with Crippen molar-refractivity contribution in [1.29, 1.82) is 0 Å². The average molecular weight is 210 g/mol. The van der Waals surface area contributed by atoms with Crippen LogP contribution in [0.3, 0.4) is 0 Å². The third-order valence-electron chi connectivity index (χ3n) is 3.33. The van der Waals surface area contributed by atoms with Crippen LogP contribution in [-0.4, -0.2) is 53.9 Å². The van der Waals surface area contributed by atoms with Gasteiger partial charge in [-0.3, -0.25) is 0 Å². The Balaban J connectivity index is 2.27. The van der Waals surface area contributed by atoms with E-state index in [-0.39, 0.29) is 11.6 Å². The van der Waals surface area contributed by atoms with Gasteiger partial charge in [-0.25, -0.2) is 4.79 Å². The summed E-state index contributed by atoms with van der Waals surface area (Å²) >= 11 is 0. The maximum Gasteiger partial charge on any atom is 0.346 e. The summed E-state index contributed by atoms with van der Waals surface area (Å²) < 4.78 is 0. The second kappa shape index (κ2) is 3.48. The summed E-state index contributed by atoms with van der Waals surface area (Å²) in [6.07, 6.45) is 1.85. The molecule has 5 heteroatoms. The molecule has 15 heavy (non-hydrogen) atoms. The van der Waals surface area contributed by atoms with Gasteiger partial charge in [0, 0.05) is 19.6 Å². The summed E-state index contributed by atoms with van der Waals surface area (Å²) in [5, 5.41) is 0. The molecule has 2 aliphatic heterocycles. The minimum absolute atomic E-state index is 0.162. The molecule has 1 fully saturated rings. The summed E-state index contributed by atoms with van der Waals surface area (Å²) in [4.78, 5) is 19.6. The molecule has 0 radical (unpaired) electrons. The zero-order valence-electron chi connectivity index (χ0n) is 9.36. The lowest BCUT2D eigenvalue weighted by Gasteiger charge is -2.34. The third kappa shape index (κ3) is 1.42. The van der Waals surface area contributed by atoms with Crippen molar-refractivity contribution in [3.63, 3.8) is 0 Å². The van der Waals surface area contributed by atoms with Crippen LogP contribution in [0.4, 0.5) is 4.79 Å². The Labute approximate surface area is 89.9 Å². The fraction of sp³-hybridized carbons (Fsp3) is 0.800. The highest BCUT2D eigenvalue weighted by molar-refractivity contribution is 6.06. The van der Waals surface area contributed by atoms with Gasteiger partial charge in [-0.05, 0) is 19.9 Å². The standard InChI is InChI=1S/C10H18N4O/c1-3-5-14-9(15)12-8(11)10(14)4-6-13(2)7-10/h3-7H2,1-2H3,(H2,11,12,15). The minimum atomic E-state index is -0.304. The number of amidine groups is 1. The first kappa shape index (κ1) is 10.4. The maximum absolute atomic E-state index is 11.7. The van der Waals surface area contributed by atoms with Crippen LogP contribution in [0.1, 0.15) is 19.8 Å². The monoisotopic (exact) mass is 210 g/mol. The van der Waals surface area contributed by atoms with Gasteiger partial charge in [0.2, 0.25) is 0 Å². The van der Waals surface area contributed by atoms with E-state index in [9.17, 15) is 4.79 Å². The summed E-state index contributed by atoms with van der Waals surface area (Å²) in [7, 11) is 2.05. The van der Waals surface area contributed by atoms with Gasteiger partial charge in [0.1, 0.15) is 11.4 Å². The molecule has 5 nitrogen and oxygen atoms in total. The molecule has 1 unspecified atom stereocenters. The van der Waals surface area contributed by atoms with Crippen LogP contribution in [0.15, 0.2) is 4.99 Å². The number of carbonyl (C=O) groups excluding carboxylic acids is 1. The van der Waals surface area contributed by atoms with Gasteiger partial charge in [0.25, 0.3) is 0 Å². The number of nitrogens with two attached hydrogens (primary N) is 1. The fourth-order valence-corrected chi connectivity index (χ4v) is 2.53. The predicted octanol–water partition coefficient (Wildman–Crippen LogP) is 0.263. The summed E-state index contributed by atoms with van der Waals surface area (Å²) in [6.45, 7) is 4.60. The molecule has 2 aliphatic rings. The Morgan fingerprint density at radius 3 is 2.87 bits per heavy atom. The SMILES string of the molecule is CCCN1C(=O)N=C(N)C12CCN(C)C2. The number of carbonyl (C=O) groups is 1. The van der Waals surface area contributed by atoms with Gasteiger partial charge in [0.15, 0.2) is 0 Å². The second-order valence-corrected chi connectivity index (χ2v) is 4.45. The van der Waals surface area contributed by atoms with Crippen LogP contribution in [-0.2, 0) is 0 Å². The first-order valence-electron chi connectivity index (χ1n) is 5.45. The molecule has 1 saturated heterocycles. The first-order valence-corrected chi connectivity index (χ1v) is 5.45. The molecule has 84 valence electrons. The van der Waals surface area contributed by atoms with E-state index in [0.29, 0.717) is 5.84 Å². The summed E-state index contributed by atoms with van der Waals surface area (Å²) in [5.41, 5.74) is 5.61. The molecule has 2 amide bonds. The number of urea groups is 1. The van der Waals surface area contributed by atoms with Gasteiger partial charge < -0.3 is 15.5 Å². The van der Waals surface area contributed by atoms with Crippen molar-refractivity contribution in [1.82, 2.24) is 9.80 Å². The molecule has 0 aromatic rings. The van der Waals surface area contributed by atoms with Crippen molar-refractivity contribution in [2.24, 2.45) is 10.7 Å². The van der Waals surface area contributed by atoms with E-state index in [1.807, 2.05) is 4.90 Å². The predicted molar refractivity (Wildman–Crippen MR) is 58.9 cm³/mol. The Hall–Kier alpha value is -1.10. The number of likely N-dealkylation sites (tertiary alicyclic amines) is 1. The molecule has 1 spiro atoms. The second-order valence-electron chi connectivity index (χ2n) is 4.45. The fourth-order valence-electron chi connectivity index (χ4n) is 2.53. The lowest BCUT2D eigenvalue weighted by atomic mass is 9.96. The number of rotatable bonds is 2. The normalized spacial score (nSPS) is 31.7. The zero-order chi connectivity index (χ0) is 11.1.